The van der Waals surface area contributed by atoms with Crippen LogP contribution in [-0.4, -0.2) is 79.4 Å². The van der Waals surface area contributed by atoms with Gasteiger partial charge in [0.2, 0.25) is 5.91 Å². The number of carbonyl (C=O) groups is 2. The minimum Gasteiger partial charge on any atom is -0.457 e. The van der Waals surface area contributed by atoms with Gasteiger partial charge in [0.25, 0.3) is 0 Å². The average Bonchev–Trinajstić information content (AvgIpc) is 3.48. The van der Waals surface area contributed by atoms with Crippen molar-refractivity contribution < 1.29 is 28.2 Å². The topological polar surface area (TPSA) is 94.9 Å². The predicted octanol–water partition coefficient (Wildman–Crippen LogP) is 6.62. The molecule has 1 heterocycles. The number of hydrogen-bond donors (Lipinski definition) is 1. The molecule has 0 saturated carbocycles. The van der Waals surface area contributed by atoms with Crippen LogP contribution in [0.1, 0.15) is 80.3 Å². The molecule has 0 fully saturated rings. The molecule has 1 amide bonds. The monoisotopic (exact) mass is 700 g/mol. The van der Waals surface area contributed by atoms with Crippen molar-refractivity contribution in [2.24, 2.45) is 5.92 Å². The Morgan fingerprint density at radius 2 is 1.86 bits per heavy atom. The molecule has 10 heteroatoms. The first kappa shape index (κ1) is 38.1. The standard InChI is InChI=1S/C41H53FN4O5/c1-7-50-40(30-16-14-29(15-17-30)25-37(47)43-4)46-35-12-9-8-11-34(35)44-36(46)13-10-23-45(5)24-22-41(51-38(48)27-49-6)21-20-31-26-32(42)18-19-33(31)39(41)28(2)3/h8-9,11-12,14-19,26,28,39-40H,7,10,13,20-25,27H2,1-6H3,(H,43,47)/t39-,40?,41-/m0/s1. The molecule has 1 aliphatic carbocycles. The fraction of sp³-hybridized carbons (Fsp3) is 0.488. The average molecular weight is 701 g/mol. The molecule has 9 nitrogen and oxygen atoms in total. The second-order valence-corrected chi connectivity index (χ2v) is 14.0. The van der Waals surface area contributed by atoms with Crippen molar-refractivity contribution in [3.05, 3.63) is 101 Å². The number of aromatic nitrogens is 2. The van der Waals surface area contributed by atoms with E-state index in [4.69, 9.17) is 19.2 Å². The van der Waals surface area contributed by atoms with E-state index < -0.39 is 5.60 Å². The summed E-state index contributed by atoms with van der Waals surface area (Å²) in [5.74, 6) is 0.410. The van der Waals surface area contributed by atoms with Gasteiger partial charge in [-0.25, -0.2) is 14.2 Å². The summed E-state index contributed by atoms with van der Waals surface area (Å²) >= 11 is 0. The van der Waals surface area contributed by atoms with Gasteiger partial charge in [0.1, 0.15) is 23.8 Å². The zero-order valence-corrected chi connectivity index (χ0v) is 30.9. The number of aryl methyl sites for hydroxylation is 2. The van der Waals surface area contributed by atoms with Crippen LogP contribution in [0.25, 0.3) is 11.0 Å². The number of nitrogens with one attached hydrogen (secondary N) is 1. The highest BCUT2D eigenvalue weighted by Gasteiger charge is 2.47. The lowest BCUT2D eigenvalue weighted by Crippen LogP contribution is -2.49. The van der Waals surface area contributed by atoms with Crippen LogP contribution in [0.3, 0.4) is 0 Å². The van der Waals surface area contributed by atoms with E-state index in [1.807, 2.05) is 55.5 Å². The van der Waals surface area contributed by atoms with Crippen molar-refractivity contribution in [2.75, 3.05) is 47.5 Å². The van der Waals surface area contributed by atoms with Crippen LogP contribution in [0, 0.1) is 11.7 Å². The predicted molar refractivity (Wildman–Crippen MR) is 197 cm³/mol. The highest BCUT2D eigenvalue weighted by Crippen LogP contribution is 2.48. The Labute approximate surface area is 301 Å². The molecule has 0 spiro atoms. The van der Waals surface area contributed by atoms with Gasteiger partial charge in [-0.1, -0.05) is 56.3 Å². The number of rotatable bonds is 17. The Hall–Kier alpha value is -4.12. The van der Waals surface area contributed by atoms with E-state index in [-0.39, 0.29) is 42.4 Å². The van der Waals surface area contributed by atoms with Gasteiger partial charge in [-0.3, -0.25) is 9.36 Å². The number of amides is 1. The maximum absolute atomic E-state index is 14.2. The van der Waals surface area contributed by atoms with Crippen LogP contribution < -0.4 is 5.32 Å². The van der Waals surface area contributed by atoms with Gasteiger partial charge in [-0.05, 0) is 86.7 Å². The summed E-state index contributed by atoms with van der Waals surface area (Å²) in [6.45, 7) is 8.23. The fourth-order valence-corrected chi connectivity index (χ4v) is 7.75. The third-order valence-corrected chi connectivity index (χ3v) is 10.1. The summed E-state index contributed by atoms with van der Waals surface area (Å²) in [7, 11) is 5.25. The van der Waals surface area contributed by atoms with Gasteiger partial charge in [0.05, 0.1) is 17.5 Å². The fourth-order valence-electron chi connectivity index (χ4n) is 7.75. The molecule has 0 bridgehead atoms. The highest BCUT2D eigenvalue weighted by atomic mass is 19.1. The molecule has 51 heavy (non-hydrogen) atoms. The van der Waals surface area contributed by atoms with Crippen molar-refractivity contribution in [2.45, 2.75) is 77.0 Å². The summed E-state index contributed by atoms with van der Waals surface area (Å²) in [4.78, 5) is 32.2. The van der Waals surface area contributed by atoms with Gasteiger partial charge in [-0.15, -0.1) is 0 Å². The van der Waals surface area contributed by atoms with Gasteiger partial charge in [0, 0.05) is 51.6 Å². The van der Waals surface area contributed by atoms with E-state index in [0.29, 0.717) is 32.3 Å². The lowest BCUT2D eigenvalue weighted by atomic mass is 9.65. The quantitative estimate of drug-likeness (QED) is 0.124. The molecule has 3 atom stereocenters. The Balaban J connectivity index is 1.32. The number of ether oxygens (including phenoxy) is 3. The SMILES string of the molecule is CCOC(c1ccc(CC(=O)NC)cc1)n1c(CCCN(C)CC[C@@]2(OC(=O)COC)CCc3cc(F)ccc3[C@@H]2C(C)C)nc2ccccc21. The molecule has 1 N–H and O–H groups in total. The minimum atomic E-state index is -0.725. The van der Waals surface area contributed by atoms with Crippen LogP contribution in [0.4, 0.5) is 4.39 Å². The van der Waals surface area contributed by atoms with Crippen LogP contribution in [0.2, 0.25) is 0 Å². The lowest BCUT2D eigenvalue weighted by molar-refractivity contribution is -0.172. The van der Waals surface area contributed by atoms with Crippen LogP contribution in [0.15, 0.2) is 66.7 Å². The Bertz CT molecular complexity index is 1770. The van der Waals surface area contributed by atoms with E-state index in [2.05, 4.69) is 41.7 Å². The first-order valence-corrected chi connectivity index (χ1v) is 18.1. The van der Waals surface area contributed by atoms with Gasteiger partial charge in [-0.2, -0.15) is 0 Å². The number of methoxy groups -OCH3 is 1. The van der Waals surface area contributed by atoms with E-state index >= 15 is 0 Å². The number of carbonyl (C=O) groups excluding carboxylic acids is 2. The number of para-hydroxylation sites is 2. The first-order valence-electron chi connectivity index (χ1n) is 18.1. The lowest BCUT2D eigenvalue weighted by Gasteiger charge is -2.47. The number of esters is 1. The molecule has 3 aromatic carbocycles. The second kappa shape index (κ2) is 17.4. The van der Waals surface area contributed by atoms with E-state index in [1.54, 1.807) is 13.1 Å². The van der Waals surface area contributed by atoms with Crippen molar-refractivity contribution >= 4 is 22.9 Å². The molecular weight excluding hydrogens is 647 g/mol. The van der Waals surface area contributed by atoms with Crippen molar-refractivity contribution in [1.29, 1.82) is 0 Å². The normalized spacial score (nSPS) is 17.9. The van der Waals surface area contributed by atoms with Crippen molar-refractivity contribution in [3.63, 3.8) is 0 Å². The molecule has 4 aromatic rings. The van der Waals surface area contributed by atoms with Gasteiger partial charge in [0.15, 0.2) is 6.23 Å². The Morgan fingerprint density at radius 1 is 1.10 bits per heavy atom. The second-order valence-electron chi connectivity index (χ2n) is 14.0. The molecule has 1 aromatic heterocycles. The molecular formula is C41H53FN4O5. The molecule has 1 unspecified atom stereocenters. The number of nitrogens with zero attached hydrogens (tertiary/aromatic N) is 3. The highest BCUT2D eigenvalue weighted by molar-refractivity contribution is 5.78. The van der Waals surface area contributed by atoms with Crippen LogP contribution in [-0.2, 0) is 43.1 Å². The van der Waals surface area contributed by atoms with Crippen LogP contribution in [0.5, 0.6) is 0 Å². The third-order valence-electron chi connectivity index (χ3n) is 10.1. The Morgan fingerprint density at radius 3 is 2.57 bits per heavy atom. The third kappa shape index (κ3) is 9.04. The molecule has 5 rings (SSSR count). The number of imidazole rings is 1. The summed E-state index contributed by atoms with van der Waals surface area (Å²) in [5.41, 5.74) is 5.18. The summed E-state index contributed by atoms with van der Waals surface area (Å²) < 4.78 is 34.3. The molecule has 0 aliphatic heterocycles. The van der Waals surface area contributed by atoms with E-state index in [9.17, 15) is 14.0 Å². The van der Waals surface area contributed by atoms with E-state index in [1.165, 1.54) is 13.2 Å². The number of benzene rings is 3. The maximum Gasteiger partial charge on any atom is 0.332 e. The Kier molecular flexibility index (Phi) is 13.0. The number of fused-ring (bicyclic) bond motifs is 2. The maximum atomic E-state index is 14.2. The zero-order valence-electron chi connectivity index (χ0n) is 30.9. The summed E-state index contributed by atoms with van der Waals surface area (Å²) in [5, 5.41) is 2.68. The van der Waals surface area contributed by atoms with Gasteiger partial charge < -0.3 is 24.4 Å². The molecule has 0 saturated heterocycles. The number of halogens is 1. The zero-order chi connectivity index (χ0) is 36.5. The number of likely N-dealkylation sites (N-methyl/N-ethyl adjacent to an activating group) is 1. The first-order chi connectivity index (χ1) is 24.6. The van der Waals surface area contributed by atoms with Crippen molar-refractivity contribution in [1.82, 2.24) is 19.8 Å². The minimum absolute atomic E-state index is 0.0280. The summed E-state index contributed by atoms with van der Waals surface area (Å²) in [6.07, 6.45) is 3.47. The largest absolute Gasteiger partial charge is 0.457 e. The molecule has 0 radical (unpaired) electrons. The van der Waals surface area contributed by atoms with Crippen LogP contribution >= 0.6 is 0 Å². The summed E-state index contributed by atoms with van der Waals surface area (Å²) in [6, 6.07) is 21.2. The molecule has 274 valence electrons. The van der Waals surface area contributed by atoms with Crippen molar-refractivity contribution in [3.8, 4) is 0 Å². The smallest absolute Gasteiger partial charge is 0.332 e. The molecule has 1 aliphatic rings. The number of hydrogen-bond acceptors (Lipinski definition) is 7. The van der Waals surface area contributed by atoms with Gasteiger partial charge >= 0.3 is 5.97 Å². The van der Waals surface area contributed by atoms with E-state index in [0.717, 1.165) is 65.0 Å².